The predicted molar refractivity (Wildman–Crippen MR) is 75.4 cm³/mol. The van der Waals surface area contributed by atoms with Crippen molar-refractivity contribution in [2.45, 2.75) is 0 Å². The molecule has 0 saturated heterocycles. The molecule has 1 aliphatic heterocycles. The number of rotatable bonds is 1. The molecule has 0 atom stereocenters. The molecule has 1 aromatic carbocycles. The van der Waals surface area contributed by atoms with E-state index in [0.29, 0.717) is 11.4 Å². The number of nitrogens with two attached hydrogens (primary N) is 1. The average Bonchev–Trinajstić information content (AvgIpc) is 2.48. The number of aromatic nitrogens is 1. The van der Waals surface area contributed by atoms with E-state index in [0.717, 1.165) is 12.3 Å². The maximum absolute atomic E-state index is 13.3. The lowest BCUT2D eigenvalue weighted by Crippen LogP contribution is -2.42. The average molecular weight is 286 g/mol. The molecule has 2 amide bonds. The Kier molecular flexibility index (Phi) is 3.02. The number of nitrogens with one attached hydrogen (secondary N) is 1. The highest BCUT2D eigenvalue weighted by molar-refractivity contribution is 6.16. The molecule has 0 bridgehead atoms. The first kappa shape index (κ1) is 13.0. The molecule has 2 aromatic rings. The molecule has 1 aliphatic rings. The van der Waals surface area contributed by atoms with Crippen LogP contribution in [0, 0.1) is 5.82 Å². The molecule has 0 radical (unpaired) electrons. The molecule has 21 heavy (non-hydrogen) atoms. The third kappa shape index (κ3) is 2.29. The number of halogens is 1. The summed E-state index contributed by atoms with van der Waals surface area (Å²) in [5, 5.41) is 2.67. The lowest BCUT2D eigenvalue weighted by Gasteiger charge is -2.29. The van der Waals surface area contributed by atoms with Crippen molar-refractivity contribution in [1.29, 1.82) is 0 Å². The van der Waals surface area contributed by atoms with Crippen molar-refractivity contribution in [3.63, 3.8) is 0 Å². The van der Waals surface area contributed by atoms with Crippen LogP contribution in [0.3, 0.4) is 0 Å². The molecule has 0 aliphatic carbocycles. The first-order valence-electron chi connectivity index (χ1n) is 6.18. The number of para-hydroxylation sites is 2. The fraction of sp³-hybridized carbons (Fsp3) is 0.0714. The van der Waals surface area contributed by atoms with Gasteiger partial charge >= 0.3 is 0 Å². The van der Waals surface area contributed by atoms with Gasteiger partial charge in [0.2, 0.25) is 5.91 Å². The van der Waals surface area contributed by atoms with Crippen molar-refractivity contribution < 1.29 is 14.0 Å². The van der Waals surface area contributed by atoms with E-state index in [-0.39, 0.29) is 23.8 Å². The molecule has 106 valence electrons. The number of nitrogen functional groups attached to an aromatic ring is 1. The first-order chi connectivity index (χ1) is 10.1. The number of amides is 2. The van der Waals surface area contributed by atoms with Crippen LogP contribution >= 0.6 is 0 Å². The zero-order chi connectivity index (χ0) is 15.0. The molecule has 0 unspecified atom stereocenters. The summed E-state index contributed by atoms with van der Waals surface area (Å²) in [6.07, 6.45) is 0.934. The Balaban J connectivity index is 2.06. The maximum Gasteiger partial charge on any atom is 0.262 e. The zero-order valence-electron chi connectivity index (χ0n) is 10.8. The van der Waals surface area contributed by atoms with Crippen molar-refractivity contribution in [2.24, 2.45) is 0 Å². The van der Waals surface area contributed by atoms with Crippen LogP contribution in [0.4, 0.5) is 21.6 Å². The molecule has 3 N–H and O–H groups in total. The van der Waals surface area contributed by atoms with E-state index in [9.17, 15) is 14.0 Å². The van der Waals surface area contributed by atoms with E-state index in [1.807, 2.05) is 0 Å². The molecule has 0 spiro atoms. The van der Waals surface area contributed by atoms with Gasteiger partial charge in [-0.05, 0) is 18.2 Å². The summed E-state index contributed by atoms with van der Waals surface area (Å²) in [6.45, 7) is -0.161. The summed E-state index contributed by atoms with van der Waals surface area (Å²) in [6, 6.07) is 7.87. The minimum absolute atomic E-state index is 0.0699. The molecule has 2 heterocycles. The van der Waals surface area contributed by atoms with Crippen molar-refractivity contribution >= 4 is 29.0 Å². The summed E-state index contributed by atoms with van der Waals surface area (Å²) >= 11 is 0. The van der Waals surface area contributed by atoms with E-state index < -0.39 is 11.7 Å². The SMILES string of the molecule is Nc1ncc(F)cc1C(=O)N1CC(=O)Nc2ccccc21. The Morgan fingerprint density at radius 2 is 2.14 bits per heavy atom. The van der Waals surface area contributed by atoms with Gasteiger partial charge < -0.3 is 11.1 Å². The fourth-order valence-corrected chi connectivity index (χ4v) is 2.18. The monoisotopic (exact) mass is 286 g/mol. The van der Waals surface area contributed by atoms with Crippen LogP contribution in [-0.4, -0.2) is 23.3 Å². The van der Waals surface area contributed by atoms with Crippen LogP contribution in [-0.2, 0) is 4.79 Å². The first-order valence-corrected chi connectivity index (χ1v) is 6.18. The standard InChI is InChI=1S/C14H11FN4O2/c15-8-5-9(13(16)17-6-8)14(21)19-7-12(20)18-10-3-1-2-4-11(10)19/h1-6H,7H2,(H2,16,17)(H,18,20). The van der Waals surface area contributed by atoms with E-state index >= 15 is 0 Å². The minimum Gasteiger partial charge on any atom is -0.383 e. The third-order valence-electron chi connectivity index (χ3n) is 3.13. The number of carbonyl (C=O) groups is 2. The largest absolute Gasteiger partial charge is 0.383 e. The molecule has 0 fully saturated rings. The van der Waals surface area contributed by atoms with Gasteiger partial charge in [0.15, 0.2) is 0 Å². The number of nitrogens with zero attached hydrogens (tertiary/aromatic N) is 2. The number of hydrogen-bond acceptors (Lipinski definition) is 4. The number of carbonyl (C=O) groups excluding carboxylic acids is 2. The highest BCUT2D eigenvalue weighted by Crippen LogP contribution is 2.30. The Bertz CT molecular complexity index is 748. The van der Waals surface area contributed by atoms with Gasteiger partial charge in [-0.2, -0.15) is 0 Å². The zero-order valence-corrected chi connectivity index (χ0v) is 10.8. The van der Waals surface area contributed by atoms with Gasteiger partial charge in [0, 0.05) is 0 Å². The fourth-order valence-electron chi connectivity index (χ4n) is 2.18. The van der Waals surface area contributed by atoms with E-state index in [2.05, 4.69) is 10.3 Å². The van der Waals surface area contributed by atoms with Crippen molar-refractivity contribution in [3.05, 3.63) is 47.9 Å². The van der Waals surface area contributed by atoms with Gasteiger partial charge in [0.1, 0.15) is 18.2 Å². The lowest BCUT2D eigenvalue weighted by molar-refractivity contribution is -0.115. The molecule has 7 heteroatoms. The van der Waals surface area contributed by atoms with Gasteiger partial charge in [0.25, 0.3) is 5.91 Å². The van der Waals surface area contributed by atoms with Crippen LogP contribution in [0.15, 0.2) is 36.5 Å². The number of fused-ring (bicyclic) bond motifs is 1. The molecule has 0 saturated carbocycles. The van der Waals surface area contributed by atoms with Gasteiger partial charge in [-0.3, -0.25) is 14.5 Å². The van der Waals surface area contributed by atoms with E-state index in [1.54, 1.807) is 24.3 Å². The molecular weight excluding hydrogens is 275 g/mol. The summed E-state index contributed by atoms with van der Waals surface area (Å²) in [5.41, 5.74) is 6.61. The highest BCUT2D eigenvalue weighted by Gasteiger charge is 2.28. The van der Waals surface area contributed by atoms with Crippen LogP contribution in [0.2, 0.25) is 0 Å². The molecule has 1 aromatic heterocycles. The summed E-state index contributed by atoms with van der Waals surface area (Å²) in [5.74, 6) is -1.64. The van der Waals surface area contributed by atoms with Gasteiger partial charge in [0.05, 0.1) is 23.1 Å². The van der Waals surface area contributed by atoms with Crippen LogP contribution < -0.4 is 16.0 Å². The Hall–Kier alpha value is -2.96. The van der Waals surface area contributed by atoms with Gasteiger partial charge in [-0.25, -0.2) is 9.37 Å². The van der Waals surface area contributed by atoms with Crippen molar-refractivity contribution in [1.82, 2.24) is 4.98 Å². The topological polar surface area (TPSA) is 88.3 Å². The van der Waals surface area contributed by atoms with Gasteiger partial charge in [-0.15, -0.1) is 0 Å². The molecule has 6 nitrogen and oxygen atoms in total. The lowest BCUT2D eigenvalue weighted by atomic mass is 10.1. The normalized spacial score (nSPS) is 13.6. The van der Waals surface area contributed by atoms with E-state index in [4.69, 9.17) is 5.73 Å². The van der Waals surface area contributed by atoms with E-state index in [1.165, 1.54) is 4.90 Å². The van der Waals surface area contributed by atoms with Crippen molar-refractivity contribution in [2.75, 3.05) is 22.5 Å². The molecular formula is C14H11FN4O2. The number of benzene rings is 1. The van der Waals surface area contributed by atoms with Gasteiger partial charge in [-0.1, -0.05) is 12.1 Å². The maximum atomic E-state index is 13.3. The van der Waals surface area contributed by atoms with Crippen LogP contribution in [0.1, 0.15) is 10.4 Å². The second kappa shape index (κ2) is 4.86. The number of anilines is 3. The predicted octanol–water partition coefficient (Wildman–Crippen LogP) is 1.40. The minimum atomic E-state index is -0.665. The van der Waals surface area contributed by atoms with Crippen LogP contribution in [0.25, 0.3) is 0 Å². The summed E-state index contributed by atoms with van der Waals surface area (Å²) in [4.78, 5) is 29.1. The Labute approximate surface area is 119 Å². The third-order valence-corrected chi connectivity index (χ3v) is 3.13. The highest BCUT2D eigenvalue weighted by atomic mass is 19.1. The number of pyridine rings is 1. The van der Waals surface area contributed by atoms with Crippen molar-refractivity contribution in [3.8, 4) is 0 Å². The number of hydrogen-bond donors (Lipinski definition) is 2. The molecule has 3 rings (SSSR count). The van der Waals surface area contributed by atoms with Crippen LogP contribution in [0.5, 0.6) is 0 Å². The summed E-state index contributed by atoms with van der Waals surface area (Å²) in [7, 11) is 0. The quantitative estimate of drug-likeness (QED) is 0.829. The second-order valence-electron chi connectivity index (χ2n) is 4.54. The second-order valence-corrected chi connectivity index (χ2v) is 4.54. The Morgan fingerprint density at radius 3 is 2.95 bits per heavy atom. The Morgan fingerprint density at radius 1 is 1.38 bits per heavy atom. The summed E-state index contributed by atoms with van der Waals surface area (Å²) < 4.78 is 13.3. The smallest absolute Gasteiger partial charge is 0.262 e.